The number of aryl methyl sites for hydroxylation is 2. The summed E-state index contributed by atoms with van der Waals surface area (Å²) in [6.45, 7) is 5.76. The SMILES string of the molecule is Cc1n[nH]c(C)c1CC(C)C(=O)Nc1cn[nH]n1. The second-order valence-corrected chi connectivity index (χ2v) is 4.36. The van der Waals surface area contributed by atoms with Crippen LogP contribution in [0, 0.1) is 19.8 Å². The number of aromatic amines is 2. The molecule has 7 heteroatoms. The van der Waals surface area contributed by atoms with Crippen LogP contribution >= 0.6 is 0 Å². The first kappa shape index (κ1) is 12.3. The Morgan fingerprint density at radius 2 is 2.22 bits per heavy atom. The maximum Gasteiger partial charge on any atom is 0.228 e. The third-order valence-electron chi connectivity index (χ3n) is 2.90. The van der Waals surface area contributed by atoms with Crippen molar-refractivity contribution < 1.29 is 4.79 Å². The van der Waals surface area contributed by atoms with Crippen LogP contribution in [0.3, 0.4) is 0 Å². The molecule has 1 atom stereocenters. The van der Waals surface area contributed by atoms with Gasteiger partial charge in [0.2, 0.25) is 5.91 Å². The minimum atomic E-state index is -0.156. The van der Waals surface area contributed by atoms with Crippen LogP contribution in [0.2, 0.25) is 0 Å². The lowest BCUT2D eigenvalue weighted by atomic mass is 9.99. The molecule has 1 amide bonds. The Morgan fingerprint density at radius 3 is 2.78 bits per heavy atom. The number of carbonyl (C=O) groups is 1. The third kappa shape index (κ3) is 2.55. The molecule has 3 N–H and O–H groups in total. The number of hydrogen-bond donors (Lipinski definition) is 3. The van der Waals surface area contributed by atoms with Gasteiger partial charge in [-0.1, -0.05) is 6.92 Å². The Morgan fingerprint density at radius 1 is 1.44 bits per heavy atom. The van der Waals surface area contributed by atoms with Crippen molar-refractivity contribution >= 4 is 11.7 Å². The molecule has 18 heavy (non-hydrogen) atoms. The van der Waals surface area contributed by atoms with Gasteiger partial charge in [-0.25, -0.2) is 0 Å². The molecular formula is C11H16N6O. The molecular weight excluding hydrogens is 232 g/mol. The number of anilines is 1. The molecule has 0 bridgehead atoms. The molecule has 2 heterocycles. The normalized spacial score (nSPS) is 12.4. The number of nitrogens with zero attached hydrogens (tertiary/aromatic N) is 3. The number of amides is 1. The van der Waals surface area contributed by atoms with E-state index in [1.165, 1.54) is 6.20 Å². The standard InChI is InChI=1S/C11H16N6O/c1-6(4-9-7(2)14-15-8(9)3)11(18)13-10-5-12-17-16-10/h5-6H,4H2,1-3H3,(H,14,15)(H2,12,13,16,17,18). The zero-order valence-electron chi connectivity index (χ0n) is 10.6. The minimum absolute atomic E-state index is 0.0797. The van der Waals surface area contributed by atoms with Crippen molar-refractivity contribution in [1.82, 2.24) is 25.6 Å². The summed E-state index contributed by atoms with van der Waals surface area (Å²) < 4.78 is 0. The number of rotatable bonds is 4. The molecule has 0 aliphatic rings. The molecule has 7 nitrogen and oxygen atoms in total. The Hall–Kier alpha value is -2.18. The summed E-state index contributed by atoms with van der Waals surface area (Å²) in [6, 6.07) is 0. The third-order valence-corrected chi connectivity index (χ3v) is 2.90. The number of hydrogen-bond acceptors (Lipinski definition) is 4. The van der Waals surface area contributed by atoms with E-state index in [4.69, 9.17) is 0 Å². The van der Waals surface area contributed by atoms with Crippen LogP contribution in [0.5, 0.6) is 0 Å². The van der Waals surface area contributed by atoms with Gasteiger partial charge in [0.25, 0.3) is 0 Å². The second kappa shape index (κ2) is 4.99. The molecule has 96 valence electrons. The van der Waals surface area contributed by atoms with Crippen molar-refractivity contribution in [3.63, 3.8) is 0 Å². The first-order chi connectivity index (χ1) is 8.58. The highest BCUT2D eigenvalue weighted by Crippen LogP contribution is 2.16. The highest BCUT2D eigenvalue weighted by Gasteiger charge is 2.18. The fourth-order valence-corrected chi connectivity index (χ4v) is 1.78. The van der Waals surface area contributed by atoms with E-state index in [1.807, 2.05) is 20.8 Å². The molecule has 0 saturated heterocycles. The summed E-state index contributed by atoms with van der Waals surface area (Å²) in [5, 5.41) is 19.6. The summed E-state index contributed by atoms with van der Waals surface area (Å²) in [6.07, 6.45) is 2.12. The van der Waals surface area contributed by atoms with Gasteiger partial charge in [0.15, 0.2) is 5.82 Å². The Balaban J connectivity index is 1.99. The monoisotopic (exact) mass is 248 g/mol. The highest BCUT2D eigenvalue weighted by atomic mass is 16.1. The molecule has 2 rings (SSSR count). The van der Waals surface area contributed by atoms with Crippen molar-refractivity contribution in [2.75, 3.05) is 5.32 Å². The molecule has 0 aromatic carbocycles. The van der Waals surface area contributed by atoms with E-state index in [1.54, 1.807) is 0 Å². The summed E-state index contributed by atoms with van der Waals surface area (Å²) in [4.78, 5) is 11.9. The molecule has 0 aliphatic carbocycles. The minimum Gasteiger partial charge on any atom is -0.308 e. The number of H-pyrrole nitrogens is 2. The van der Waals surface area contributed by atoms with E-state index in [9.17, 15) is 4.79 Å². The van der Waals surface area contributed by atoms with Crippen molar-refractivity contribution in [2.24, 2.45) is 5.92 Å². The number of carbonyl (C=O) groups excluding carboxylic acids is 1. The van der Waals surface area contributed by atoms with Crippen molar-refractivity contribution in [2.45, 2.75) is 27.2 Å². The van der Waals surface area contributed by atoms with Crippen LogP contribution in [0.1, 0.15) is 23.9 Å². The smallest absolute Gasteiger partial charge is 0.228 e. The molecule has 0 spiro atoms. The Bertz CT molecular complexity index is 510. The number of nitrogens with one attached hydrogen (secondary N) is 3. The van der Waals surface area contributed by atoms with Gasteiger partial charge in [0.05, 0.1) is 11.9 Å². The largest absolute Gasteiger partial charge is 0.308 e. The average molecular weight is 248 g/mol. The summed E-state index contributed by atoms with van der Waals surface area (Å²) in [5.41, 5.74) is 3.04. The van der Waals surface area contributed by atoms with E-state index in [0.717, 1.165) is 17.0 Å². The lowest BCUT2D eigenvalue weighted by molar-refractivity contribution is -0.119. The average Bonchev–Trinajstić information content (AvgIpc) is 2.94. The van der Waals surface area contributed by atoms with Crippen LogP contribution < -0.4 is 5.32 Å². The van der Waals surface area contributed by atoms with E-state index in [2.05, 4.69) is 30.9 Å². The van der Waals surface area contributed by atoms with E-state index in [0.29, 0.717) is 12.2 Å². The van der Waals surface area contributed by atoms with Gasteiger partial charge in [-0.3, -0.25) is 9.89 Å². The molecule has 2 aromatic heterocycles. The zero-order chi connectivity index (χ0) is 13.1. The molecule has 0 saturated carbocycles. The molecule has 2 aromatic rings. The van der Waals surface area contributed by atoms with E-state index in [-0.39, 0.29) is 11.8 Å². The zero-order valence-corrected chi connectivity index (χ0v) is 10.6. The van der Waals surface area contributed by atoms with Crippen molar-refractivity contribution in [3.05, 3.63) is 23.1 Å². The summed E-state index contributed by atoms with van der Waals surface area (Å²) in [5.74, 6) is 0.202. The first-order valence-corrected chi connectivity index (χ1v) is 5.75. The lowest BCUT2D eigenvalue weighted by Crippen LogP contribution is -2.22. The summed E-state index contributed by atoms with van der Waals surface area (Å²) in [7, 11) is 0. The molecule has 0 fully saturated rings. The Kier molecular flexibility index (Phi) is 3.40. The van der Waals surface area contributed by atoms with Gasteiger partial charge in [-0.05, 0) is 25.8 Å². The van der Waals surface area contributed by atoms with Gasteiger partial charge in [-0.15, -0.1) is 5.10 Å². The van der Waals surface area contributed by atoms with E-state index >= 15 is 0 Å². The Labute approximate surface area is 104 Å². The highest BCUT2D eigenvalue weighted by molar-refractivity contribution is 5.91. The van der Waals surface area contributed by atoms with E-state index < -0.39 is 0 Å². The van der Waals surface area contributed by atoms with Crippen LogP contribution in [0.4, 0.5) is 5.82 Å². The van der Waals surface area contributed by atoms with Gasteiger partial charge in [-0.2, -0.15) is 15.4 Å². The van der Waals surface area contributed by atoms with Crippen LogP contribution in [-0.2, 0) is 11.2 Å². The topological polar surface area (TPSA) is 99.4 Å². The molecule has 1 unspecified atom stereocenters. The lowest BCUT2D eigenvalue weighted by Gasteiger charge is -2.10. The van der Waals surface area contributed by atoms with Crippen LogP contribution in [0.15, 0.2) is 6.20 Å². The quantitative estimate of drug-likeness (QED) is 0.750. The van der Waals surface area contributed by atoms with Crippen LogP contribution in [-0.4, -0.2) is 31.5 Å². The maximum atomic E-state index is 11.9. The second-order valence-electron chi connectivity index (χ2n) is 4.36. The fourth-order valence-electron chi connectivity index (χ4n) is 1.78. The molecule has 0 aliphatic heterocycles. The van der Waals surface area contributed by atoms with Gasteiger partial charge < -0.3 is 5.32 Å². The fraction of sp³-hybridized carbons (Fsp3) is 0.455. The predicted octanol–water partition coefficient (Wildman–Crippen LogP) is 0.962. The number of aromatic nitrogens is 5. The van der Waals surface area contributed by atoms with Crippen molar-refractivity contribution in [3.8, 4) is 0 Å². The maximum absolute atomic E-state index is 11.9. The molecule has 0 radical (unpaired) electrons. The first-order valence-electron chi connectivity index (χ1n) is 5.75. The van der Waals surface area contributed by atoms with Gasteiger partial charge >= 0.3 is 0 Å². The van der Waals surface area contributed by atoms with Crippen LogP contribution in [0.25, 0.3) is 0 Å². The van der Waals surface area contributed by atoms with Gasteiger partial charge in [0, 0.05) is 11.6 Å². The van der Waals surface area contributed by atoms with Gasteiger partial charge in [0.1, 0.15) is 0 Å². The summed E-state index contributed by atoms with van der Waals surface area (Å²) >= 11 is 0. The predicted molar refractivity (Wildman–Crippen MR) is 65.9 cm³/mol. The van der Waals surface area contributed by atoms with Crippen molar-refractivity contribution in [1.29, 1.82) is 0 Å².